The zero-order valence-electron chi connectivity index (χ0n) is 17.7. The van der Waals surface area contributed by atoms with Gasteiger partial charge in [0.2, 0.25) is 5.76 Å². The number of nitrogens with one attached hydrogen (secondary N) is 1. The van der Waals surface area contributed by atoms with Gasteiger partial charge in [0.1, 0.15) is 5.58 Å². The zero-order valence-corrected chi connectivity index (χ0v) is 17.7. The van der Waals surface area contributed by atoms with Crippen molar-refractivity contribution in [3.05, 3.63) is 29.5 Å². The lowest BCUT2D eigenvalue weighted by Crippen LogP contribution is -2.47. The average Bonchev–Trinajstić information content (AvgIpc) is 3.43. The fraction of sp³-hybridized carbons (Fsp3) is 0.609. The van der Waals surface area contributed by atoms with Crippen molar-refractivity contribution in [2.45, 2.75) is 62.3 Å². The highest BCUT2D eigenvalue weighted by molar-refractivity contribution is 6.07. The summed E-state index contributed by atoms with van der Waals surface area (Å²) in [6.45, 7) is 1.42. The summed E-state index contributed by atoms with van der Waals surface area (Å²) in [5.74, 6) is -0.0321. The molecule has 9 heteroatoms. The van der Waals surface area contributed by atoms with E-state index in [1.165, 1.54) is 6.07 Å². The van der Waals surface area contributed by atoms with E-state index in [-0.39, 0.29) is 11.3 Å². The Balaban J connectivity index is 1.36. The molecule has 174 valence electrons. The maximum Gasteiger partial charge on any atom is 0.416 e. The third kappa shape index (κ3) is 3.65. The lowest BCUT2D eigenvalue weighted by atomic mass is 9.73. The van der Waals surface area contributed by atoms with Crippen LogP contribution in [0.4, 0.5) is 18.9 Å². The van der Waals surface area contributed by atoms with Crippen LogP contribution in [0.2, 0.25) is 0 Å². The molecule has 2 heterocycles. The molecule has 5 rings (SSSR count). The molecular weight excluding hydrogens is 425 g/mol. The van der Waals surface area contributed by atoms with Crippen molar-refractivity contribution in [1.82, 2.24) is 5.32 Å². The number of carbonyl (C=O) groups excluding carboxylic acids is 1. The fourth-order valence-corrected chi connectivity index (χ4v) is 5.28. The molecule has 32 heavy (non-hydrogen) atoms. The third-order valence-electron chi connectivity index (χ3n) is 7.51. The standard InChI is InChI=1S/C23H27F3N2O4/c24-23(25,26)15-1-2-17-16(13-15)18-19(32-17)20(29)27-10-12-28(18)11-5-14-3-6-21(30,7-4-14)22(31)8-9-22/h1-2,13-14,30-31H,3-12H2,(H,27,29). The number of carbonyl (C=O) groups is 1. The van der Waals surface area contributed by atoms with Crippen LogP contribution in [-0.4, -0.2) is 47.0 Å². The highest BCUT2D eigenvalue weighted by atomic mass is 19.4. The SMILES string of the molecule is O=C1NCCN(CCC2CCC(O)(C3(O)CC3)CC2)c2c1oc1ccc(C(F)(F)F)cc21. The predicted molar refractivity (Wildman–Crippen MR) is 111 cm³/mol. The molecule has 0 atom stereocenters. The van der Waals surface area contributed by atoms with Gasteiger partial charge in [-0.2, -0.15) is 13.2 Å². The number of amides is 1. The molecule has 3 aliphatic rings. The van der Waals surface area contributed by atoms with Gasteiger partial charge in [-0.05, 0) is 69.1 Å². The number of nitrogens with zero attached hydrogens (tertiary/aromatic N) is 1. The first-order chi connectivity index (χ1) is 15.1. The minimum absolute atomic E-state index is 0.0470. The van der Waals surface area contributed by atoms with Crippen LogP contribution in [0.3, 0.4) is 0 Å². The molecule has 0 saturated heterocycles. The first-order valence-corrected chi connectivity index (χ1v) is 11.2. The predicted octanol–water partition coefficient (Wildman–Crippen LogP) is 3.84. The molecule has 6 nitrogen and oxygen atoms in total. The van der Waals surface area contributed by atoms with Crippen LogP contribution in [0, 0.1) is 5.92 Å². The molecule has 1 aromatic carbocycles. The first kappa shape index (κ1) is 21.6. The van der Waals surface area contributed by atoms with Gasteiger partial charge in [-0.15, -0.1) is 0 Å². The van der Waals surface area contributed by atoms with Crippen molar-refractivity contribution < 1.29 is 32.6 Å². The van der Waals surface area contributed by atoms with Crippen molar-refractivity contribution >= 4 is 22.6 Å². The van der Waals surface area contributed by atoms with E-state index in [0.29, 0.717) is 62.3 Å². The van der Waals surface area contributed by atoms with Crippen molar-refractivity contribution in [2.24, 2.45) is 5.92 Å². The number of aliphatic hydroxyl groups is 2. The molecule has 2 aliphatic carbocycles. The lowest BCUT2D eigenvalue weighted by Gasteiger charge is -2.40. The summed E-state index contributed by atoms with van der Waals surface area (Å²) < 4.78 is 45.5. The topological polar surface area (TPSA) is 85.9 Å². The van der Waals surface area contributed by atoms with Gasteiger partial charge >= 0.3 is 6.18 Å². The number of hydrogen-bond acceptors (Lipinski definition) is 5. The summed E-state index contributed by atoms with van der Waals surface area (Å²) in [5, 5.41) is 24.2. The maximum absolute atomic E-state index is 13.3. The van der Waals surface area contributed by atoms with Gasteiger partial charge in [0.25, 0.3) is 5.91 Å². The quantitative estimate of drug-likeness (QED) is 0.657. The number of benzene rings is 1. The van der Waals surface area contributed by atoms with Gasteiger partial charge in [-0.1, -0.05) is 0 Å². The Hall–Kier alpha value is -2.26. The van der Waals surface area contributed by atoms with Crippen LogP contribution in [-0.2, 0) is 6.18 Å². The second-order valence-electron chi connectivity index (χ2n) is 9.53. The van der Waals surface area contributed by atoms with Gasteiger partial charge in [-0.25, -0.2) is 0 Å². The van der Waals surface area contributed by atoms with Crippen molar-refractivity contribution in [3.63, 3.8) is 0 Å². The highest BCUT2D eigenvalue weighted by Gasteiger charge is 2.58. The number of anilines is 1. The molecule has 0 radical (unpaired) electrons. The van der Waals surface area contributed by atoms with E-state index in [0.717, 1.165) is 31.4 Å². The molecule has 0 bridgehead atoms. The lowest BCUT2D eigenvalue weighted by molar-refractivity contribution is -0.137. The monoisotopic (exact) mass is 452 g/mol. The van der Waals surface area contributed by atoms with E-state index in [1.807, 2.05) is 4.90 Å². The van der Waals surface area contributed by atoms with E-state index in [9.17, 15) is 28.2 Å². The first-order valence-electron chi connectivity index (χ1n) is 11.2. The Morgan fingerprint density at radius 2 is 1.81 bits per heavy atom. The maximum atomic E-state index is 13.3. The largest absolute Gasteiger partial charge is 0.449 e. The Kier molecular flexibility index (Phi) is 4.98. The van der Waals surface area contributed by atoms with Crippen molar-refractivity contribution in [3.8, 4) is 0 Å². The molecule has 2 fully saturated rings. The molecule has 2 aromatic rings. The molecule has 1 aliphatic heterocycles. The minimum Gasteiger partial charge on any atom is -0.449 e. The van der Waals surface area contributed by atoms with E-state index in [4.69, 9.17) is 4.42 Å². The molecule has 3 N–H and O–H groups in total. The van der Waals surface area contributed by atoms with Crippen LogP contribution >= 0.6 is 0 Å². The van der Waals surface area contributed by atoms with Crippen LogP contribution in [0.15, 0.2) is 22.6 Å². The highest BCUT2D eigenvalue weighted by Crippen LogP contribution is 2.52. The second kappa shape index (κ2) is 7.38. The number of furan rings is 1. The molecule has 1 amide bonds. The Morgan fingerprint density at radius 3 is 2.47 bits per heavy atom. The van der Waals surface area contributed by atoms with Gasteiger partial charge < -0.3 is 24.8 Å². The number of halogens is 3. The van der Waals surface area contributed by atoms with Gasteiger partial charge in [0, 0.05) is 25.0 Å². The second-order valence-corrected chi connectivity index (χ2v) is 9.53. The van der Waals surface area contributed by atoms with Gasteiger partial charge in [-0.3, -0.25) is 4.79 Å². The Labute approximate surface area is 183 Å². The summed E-state index contributed by atoms with van der Waals surface area (Å²) in [5.41, 5.74) is -2.02. The van der Waals surface area contributed by atoms with Crippen LogP contribution < -0.4 is 10.2 Å². The molecule has 1 aromatic heterocycles. The molecule has 0 spiro atoms. The zero-order chi connectivity index (χ0) is 22.7. The molecule has 2 saturated carbocycles. The Bertz CT molecular complexity index is 1040. The Morgan fingerprint density at radius 1 is 1.12 bits per heavy atom. The number of alkyl halides is 3. The van der Waals surface area contributed by atoms with Crippen LogP contribution in [0.25, 0.3) is 11.0 Å². The van der Waals surface area contributed by atoms with E-state index in [2.05, 4.69) is 5.32 Å². The third-order valence-corrected chi connectivity index (χ3v) is 7.51. The summed E-state index contributed by atoms with van der Waals surface area (Å²) >= 11 is 0. The minimum atomic E-state index is -4.49. The van der Waals surface area contributed by atoms with Crippen LogP contribution in [0.5, 0.6) is 0 Å². The van der Waals surface area contributed by atoms with Gasteiger partial charge in [0.15, 0.2) is 0 Å². The molecular formula is C23H27F3N2O4. The average molecular weight is 452 g/mol. The summed E-state index contributed by atoms with van der Waals surface area (Å²) in [6.07, 6.45) is 0.307. The number of hydrogen-bond donors (Lipinski definition) is 3. The van der Waals surface area contributed by atoms with Crippen molar-refractivity contribution in [1.29, 1.82) is 0 Å². The van der Waals surface area contributed by atoms with E-state index in [1.54, 1.807) is 0 Å². The number of fused-ring (bicyclic) bond motifs is 3. The molecule has 0 unspecified atom stereocenters. The van der Waals surface area contributed by atoms with E-state index < -0.39 is 28.8 Å². The normalized spacial score (nSPS) is 27.7. The van der Waals surface area contributed by atoms with Crippen molar-refractivity contribution in [2.75, 3.05) is 24.5 Å². The summed E-state index contributed by atoms with van der Waals surface area (Å²) in [4.78, 5) is 14.4. The number of rotatable bonds is 4. The van der Waals surface area contributed by atoms with Crippen LogP contribution in [0.1, 0.15) is 61.1 Å². The summed E-state index contributed by atoms with van der Waals surface area (Å²) in [7, 11) is 0. The fourth-order valence-electron chi connectivity index (χ4n) is 5.28. The summed E-state index contributed by atoms with van der Waals surface area (Å²) in [6, 6.07) is 3.29. The van der Waals surface area contributed by atoms with Gasteiger partial charge in [0.05, 0.1) is 22.5 Å². The van der Waals surface area contributed by atoms with E-state index >= 15 is 0 Å². The smallest absolute Gasteiger partial charge is 0.416 e.